The highest BCUT2D eigenvalue weighted by Gasteiger charge is 2.42. The summed E-state index contributed by atoms with van der Waals surface area (Å²) in [6.45, 7) is 0. The van der Waals surface area contributed by atoms with Crippen LogP contribution in [0.4, 0.5) is 0 Å². The number of Topliss-reactive ketones (excluding diaryl/α,β-unsaturated/α-hetero) is 1. The van der Waals surface area contributed by atoms with E-state index in [2.05, 4.69) is 24.3 Å². The highest BCUT2D eigenvalue weighted by Crippen LogP contribution is 2.43. The van der Waals surface area contributed by atoms with Gasteiger partial charge in [-0.1, -0.05) is 36.5 Å². The van der Waals surface area contributed by atoms with Gasteiger partial charge in [0, 0.05) is 11.8 Å². The lowest BCUT2D eigenvalue weighted by Gasteiger charge is -2.30. The van der Waals surface area contributed by atoms with E-state index in [-0.39, 0.29) is 11.8 Å². The molecule has 3 rings (SSSR count). The molecule has 3 aliphatic carbocycles. The molecule has 3 aliphatic rings. The molecule has 0 amide bonds. The van der Waals surface area contributed by atoms with E-state index in [1.54, 1.807) is 0 Å². The van der Waals surface area contributed by atoms with E-state index >= 15 is 0 Å². The molecule has 0 saturated heterocycles. The predicted molar refractivity (Wildman–Crippen MR) is 51.0 cm³/mol. The summed E-state index contributed by atoms with van der Waals surface area (Å²) in [5.74, 6) is 1.73. The SMILES string of the molecule is O=C1[C@H]2C=CC=C[C@H]1[C@@H]1C=C[C@@H]2C1. The number of carbonyl (C=O) groups excluding carboxylic acids is 1. The van der Waals surface area contributed by atoms with Crippen LogP contribution in [0.1, 0.15) is 6.42 Å². The summed E-state index contributed by atoms with van der Waals surface area (Å²) in [7, 11) is 0. The van der Waals surface area contributed by atoms with Crippen LogP contribution in [0.5, 0.6) is 0 Å². The molecule has 1 fully saturated rings. The molecular formula is C12H12O. The number of hydrogen-bond donors (Lipinski definition) is 0. The summed E-state index contributed by atoms with van der Waals surface area (Å²) in [6.07, 6.45) is 13.8. The van der Waals surface area contributed by atoms with E-state index in [0.29, 0.717) is 17.6 Å². The molecule has 0 aliphatic heterocycles. The first-order valence-electron chi connectivity index (χ1n) is 4.93. The van der Waals surface area contributed by atoms with Crippen molar-refractivity contribution in [2.24, 2.45) is 23.7 Å². The number of ketones is 1. The maximum absolute atomic E-state index is 11.9. The minimum Gasteiger partial charge on any atom is -0.298 e. The van der Waals surface area contributed by atoms with Crippen molar-refractivity contribution in [3.63, 3.8) is 0 Å². The maximum atomic E-state index is 11.9. The first kappa shape index (κ1) is 7.31. The van der Waals surface area contributed by atoms with Crippen molar-refractivity contribution in [3.05, 3.63) is 36.5 Å². The van der Waals surface area contributed by atoms with E-state index in [4.69, 9.17) is 0 Å². The van der Waals surface area contributed by atoms with Gasteiger partial charge in [-0.25, -0.2) is 0 Å². The van der Waals surface area contributed by atoms with Crippen LogP contribution in [0, 0.1) is 23.7 Å². The van der Waals surface area contributed by atoms with E-state index in [9.17, 15) is 4.79 Å². The summed E-state index contributed by atoms with van der Waals surface area (Å²) in [4.78, 5) is 11.9. The third-order valence-corrected chi connectivity index (χ3v) is 3.48. The van der Waals surface area contributed by atoms with Crippen molar-refractivity contribution < 1.29 is 4.79 Å². The molecule has 0 aromatic heterocycles. The van der Waals surface area contributed by atoms with Crippen molar-refractivity contribution in [2.45, 2.75) is 6.42 Å². The second kappa shape index (κ2) is 2.44. The standard InChI is InChI=1S/C12H12O/c13-12-10-3-1-2-4-11(12)9-6-5-8(10)7-9/h1-6,8-11H,7H2/t8-,9-,10+,11+/m1/s1. The summed E-state index contributed by atoms with van der Waals surface area (Å²) in [5, 5.41) is 0. The Morgan fingerprint density at radius 2 is 1.46 bits per heavy atom. The average Bonchev–Trinajstić information content (AvgIpc) is 2.51. The van der Waals surface area contributed by atoms with Crippen molar-refractivity contribution in [2.75, 3.05) is 0 Å². The Balaban J connectivity index is 2.11. The fourth-order valence-electron chi connectivity index (χ4n) is 2.78. The Morgan fingerprint density at radius 1 is 0.923 bits per heavy atom. The largest absolute Gasteiger partial charge is 0.298 e. The lowest BCUT2D eigenvalue weighted by molar-refractivity contribution is -0.127. The van der Waals surface area contributed by atoms with Gasteiger partial charge < -0.3 is 0 Å². The highest BCUT2D eigenvalue weighted by atomic mass is 16.1. The summed E-state index contributed by atoms with van der Waals surface area (Å²) in [5.41, 5.74) is 0. The van der Waals surface area contributed by atoms with Crippen LogP contribution in [0.25, 0.3) is 0 Å². The second-order valence-electron chi connectivity index (χ2n) is 4.17. The van der Waals surface area contributed by atoms with Crippen LogP contribution in [0.15, 0.2) is 36.5 Å². The quantitative estimate of drug-likeness (QED) is 0.511. The van der Waals surface area contributed by atoms with E-state index < -0.39 is 0 Å². The Bertz CT molecular complexity index is 305. The zero-order valence-corrected chi connectivity index (χ0v) is 7.39. The zero-order chi connectivity index (χ0) is 8.84. The van der Waals surface area contributed by atoms with Crippen LogP contribution in [0.3, 0.4) is 0 Å². The highest BCUT2D eigenvalue weighted by molar-refractivity contribution is 5.89. The summed E-state index contributed by atoms with van der Waals surface area (Å²) < 4.78 is 0. The third-order valence-electron chi connectivity index (χ3n) is 3.48. The maximum Gasteiger partial charge on any atom is 0.147 e. The molecule has 0 N–H and O–H groups in total. The molecule has 0 aromatic rings. The van der Waals surface area contributed by atoms with Crippen LogP contribution < -0.4 is 0 Å². The minimum atomic E-state index is 0.162. The minimum absolute atomic E-state index is 0.162. The molecule has 1 saturated carbocycles. The topological polar surface area (TPSA) is 17.1 Å². The molecule has 4 bridgehead atoms. The lowest BCUT2D eigenvalue weighted by atomic mass is 9.72. The van der Waals surface area contributed by atoms with Crippen molar-refractivity contribution in [1.29, 1.82) is 0 Å². The van der Waals surface area contributed by atoms with Gasteiger partial charge in [-0.05, 0) is 18.3 Å². The summed E-state index contributed by atoms with van der Waals surface area (Å²) in [6, 6.07) is 0. The predicted octanol–water partition coefficient (Wildman–Crippen LogP) is 2.12. The van der Waals surface area contributed by atoms with Gasteiger partial charge in [0.15, 0.2) is 0 Å². The first-order valence-corrected chi connectivity index (χ1v) is 4.93. The fourth-order valence-corrected chi connectivity index (χ4v) is 2.78. The van der Waals surface area contributed by atoms with E-state index in [1.165, 1.54) is 6.42 Å². The van der Waals surface area contributed by atoms with Gasteiger partial charge >= 0.3 is 0 Å². The van der Waals surface area contributed by atoms with Gasteiger partial charge in [-0.2, -0.15) is 0 Å². The molecule has 66 valence electrons. The smallest absolute Gasteiger partial charge is 0.147 e. The molecule has 4 atom stereocenters. The molecule has 0 unspecified atom stereocenters. The van der Waals surface area contributed by atoms with Gasteiger partial charge in [0.1, 0.15) is 5.78 Å². The normalized spacial score (nSPS) is 45.4. The molecule has 0 aromatic carbocycles. The van der Waals surface area contributed by atoms with Crippen LogP contribution in [-0.2, 0) is 4.79 Å². The average molecular weight is 172 g/mol. The zero-order valence-electron chi connectivity index (χ0n) is 7.39. The molecule has 0 radical (unpaired) electrons. The van der Waals surface area contributed by atoms with Gasteiger partial charge in [0.05, 0.1) is 0 Å². The van der Waals surface area contributed by atoms with Gasteiger partial charge in [-0.3, -0.25) is 4.79 Å². The number of fused-ring (bicyclic) bond motifs is 6. The Kier molecular flexibility index (Phi) is 1.37. The van der Waals surface area contributed by atoms with Crippen LogP contribution in [-0.4, -0.2) is 5.78 Å². The third kappa shape index (κ3) is 0.902. The summed E-state index contributed by atoms with van der Waals surface area (Å²) >= 11 is 0. The van der Waals surface area contributed by atoms with E-state index in [0.717, 1.165) is 0 Å². The molecule has 0 heterocycles. The lowest BCUT2D eigenvalue weighted by Crippen LogP contribution is -2.34. The number of allylic oxidation sites excluding steroid dienone is 6. The van der Waals surface area contributed by atoms with Gasteiger partial charge in [0.25, 0.3) is 0 Å². The molecule has 1 heteroatoms. The second-order valence-corrected chi connectivity index (χ2v) is 4.17. The van der Waals surface area contributed by atoms with Crippen molar-refractivity contribution in [3.8, 4) is 0 Å². The number of hydrogen-bond acceptors (Lipinski definition) is 1. The Hall–Kier alpha value is -1.11. The first-order chi connectivity index (χ1) is 6.36. The molecular weight excluding hydrogens is 160 g/mol. The molecule has 13 heavy (non-hydrogen) atoms. The van der Waals surface area contributed by atoms with Crippen molar-refractivity contribution in [1.82, 2.24) is 0 Å². The van der Waals surface area contributed by atoms with Crippen LogP contribution in [0.2, 0.25) is 0 Å². The number of carbonyl (C=O) groups is 1. The van der Waals surface area contributed by atoms with Crippen LogP contribution >= 0.6 is 0 Å². The fraction of sp³-hybridized carbons (Fsp3) is 0.417. The Morgan fingerprint density at radius 3 is 2.00 bits per heavy atom. The van der Waals surface area contributed by atoms with Gasteiger partial charge in [-0.15, -0.1) is 0 Å². The number of rotatable bonds is 0. The van der Waals surface area contributed by atoms with Gasteiger partial charge in [0.2, 0.25) is 0 Å². The molecule has 1 nitrogen and oxygen atoms in total. The van der Waals surface area contributed by atoms with Crippen molar-refractivity contribution >= 4 is 5.78 Å². The Labute approximate surface area is 77.8 Å². The van der Waals surface area contributed by atoms with E-state index in [1.807, 2.05) is 12.2 Å². The monoisotopic (exact) mass is 172 g/mol. The molecule has 0 spiro atoms.